The first-order chi connectivity index (χ1) is 9.95. The highest BCUT2D eigenvalue weighted by molar-refractivity contribution is 5.69. The highest BCUT2D eigenvalue weighted by Gasteiger charge is 2.23. The zero-order valence-corrected chi connectivity index (χ0v) is 12.3. The van der Waals surface area contributed by atoms with Crippen LogP contribution >= 0.6 is 0 Å². The Bertz CT molecular complexity index is 647. The predicted molar refractivity (Wildman–Crippen MR) is 77.7 cm³/mol. The van der Waals surface area contributed by atoms with Crippen molar-refractivity contribution in [2.24, 2.45) is 0 Å². The van der Waals surface area contributed by atoms with Gasteiger partial charge in [-0.05, 0) is 32.9 Å². The molecule has 0 radical (unpaired) electrons. The lowest BCUT2D eigenvalue weighted by atomic mass is 10.1. The van der Waals surface area contributed by atoms with E-state index < -0.39 is 4.92 Å². The van der Waals surface area contributed by atoms with Gasteiger partial charge in [0.2, 0.25) is 0 Å². The summed E-state index contributed by atoms with van der Waals surface area (Å²) in [5.41, 5.74) is 1.97. The molecule has 0 spiro atoms. The fourth-order valence-electron chi connectivity index (χ4n) is 2.41. The minimum Gasteiger partial charge on any atom is -0.490 e. The van der Waals surface area contributed by atoms with Crippen LogP contribution in [0.25, 0.3) is 0 Å². The molecule has 0 aliphatic carbocycles. The Balaban J connectivity index is 2.38. The number of nitrogens with zero attached hydrogens (tertiary/aromatic N) is 2. The number of benzene rings is 1. The molecule has 21 heavy (non-hydrogen) atoms. The first kappa shape index (κ1) is 14.8. The molecule has 0 bridgehead atoms. The number of para-hydroxylation sites is 1. The number of anilines is 1. The van der Waals surface area contributed by atoms with Gasteiger partial charge in [-0.3, -0.25) is 10.1 Å². The molecule has 1 atom stereocenters. The predicted octanol–water partition coefficient (Wildman–Crippen LogP) is 3.38. The fraction of sp³-hybridized carbons (Fsp3) is 0.357. The van der Waals surface area contributed by atoms with Crippen LogP contribution in [0.1, 0.15) is 30.0 Å². The van der Waals surface area contributed by atoms with Crippen molar-refractivity contribution in [3.63, 3.8) is 0 Å². The van der Waals surface area contributed by atoms with Gasteiger partial charge in [0, 0.05) is 5.56 Å². The highest BCUT2D eigenvalue weighted by atomic mass is 16.6. The molecule has 1 aromatic carbocycles. The fourth-order valence-corrected chi connectivity index (χ4v) is 2.41. The van der Waals surface area contributed by atoms with Gasteiger partial charge in [0.25, 0.3) is 0 Å². The molecule has 2 rings (SSSR count). The van der Waals surface area contributed by atoms with Crippen molar-refractivity contribution in [1.29, 1.82) is 0 Å². The quantitative estimate of drug-likeness (QED) is 0.670. The van der Waals surface area contributed by atoms with Gasteiger partial charge < -0.3 is 14.6 Å². The molecular formula is C14H17N3O4. The number of hydrogen-bond donors (Lipinski definition) is 1. The van der Waals surface area contributed by atoms with E-state index in [0.717, 1.165) is 11.3 Å². The summed E-state index contributed by atoms with van der Waals surface area (Å²) in [6.07, 6.45) is 0. The summed E-state index contributed by atoms with van der Waals surface area (Å²) >= 11 is 0. The Labute approximate surface area is 122 Å². The molecule has 0 aliphatic heterocycles. The Morgan fingerprint density at radius 1 is 1.43 bits per heavy atom. The summed E-state index contributed by atoms with van der Waals surface area (Å²) < 4.78 is 10.2. The van der Waals surface area contributed by atoms with Crippen molar-refractivity contribution < 1.29 is 14.2 Å². The van der Waals surface area contributed by atoms with E-state index in [0.29, 0.717) is 11.4 Å². The summed E-state index contributed by atoms with van der Waals surface area (Å²) in [6.45, 7) is 5.55. The van der Waals surface area contributed by atoms with Gasteiger partial charge in [-0.1, -0.05) is 11.2 Å². The molecule has 1 heterocycles. The van der Waals surface area contributed by atoms with E-state index in [4.69, 9.17) is 9.26 Å². The normalized spacial score (nSPS) is 12.0. The lowest BCUT2D eigenvalue weighted by Crippen LogP contribution is -2.10. The molecule has 0 fully saturated rings. The minimum atomic E-state index is -0.457. The lowest BCUT2D eigenvalue weighted by molar-refractivity contribution is -0.384. The summed E-state index contributed by atoms with van der Waals surface area (Å²) in [6, 6.07) is 4.73. The molecule has 0 aliphatic rings. The molecule has 7 nitrogen and oxygen atoms in total. The van der Waals surface area contributed by atoms with Crippen molar-refractivity contribution in [3.05, 3.63) is 45.3 Å². The van der Waals surface area contributed by atoms with Gasteiger partial charge in [0.15, 0.2) is 5.75 Å². The van der Waals surface area contributed by atoms with E-state index in [1.54, 1.807) is 18.2 Å². The third kappa shape index (κ3) is 2.81. The summed E-state index contributed by atoms with van der Waals surface area (Å²) in [5, 5.41) is 18.3. The number of aromatic nitrogens is 1. The number of hydrogen-bond acceptors (Lipinski definition) is 6. The minimum absolute atomic E-state index is 0.0846. The molecule has 0 saturated carbocycles. The van der Waals surface area contributed by atoms with Crippen LogP contribution in [0.2, 0.25) is 0 Å². The standard InChI is InChI=1S/C14H17N3O4/c1-8(13-9(2)16-21-10(13)3)15-11-6-5-7-12(20-4)14(11)17(18)19/h5-8,15H,1-4H3. The van der Waals surface area contributed by atoms with Crippen LogP contribution in [0, 0.1) is 24.0 Å². The van der Waals surface area contributed by atoms with Gasteiger partial charge in [-0.15, -0.1) is 0 Å². The molecular weight excluding hydrogens is 274 g/mol. The van der Waals surface area contributed by atoms with E-state index in [-0.39, 0.29) is 17.5 Å². The number of nitro groups is 1. The van der Waals surface area contributed by atoms with Crippen LogP contribution in [0.4, 0.5) is 11.4 Å². The number of methoxy groups -OCH3 is 1. The molecule has 1 aromatic heterocycles. The van der Waals surface area contributed by atoms with E-state index in [9.17, 15) is 10.1 Å². The molecule has 1 unspecified atom stereocenters. The van der Waals surface area contributed by atoms with Crippen LogP contribution in [-0.2, 0) is 0 Å². The molecule has 112 valence electrons. The van der Waals surface area contributed by atoms with Crippen LogP contribution < -0.4 is 10.1 Å². The Kier molecular flexibility index (Phi) is 4.11. The smallest absolute Gasteiger partial charge is 0.333 e. The Hall–Kier alpha value is -2.57. The molecule has 0 amide bonds. The first-order valence-corrected chi connectivity index (χ1v) is 6.46. The lowest BCUT2D eigenvalue weighted by Gasteiger charge is -2.16. The third-order valence-electron chi connectivity index (χ3n) is 3.30. The molecule has 0 saturated heterocycles. The summed E-state index contributed by atoms with van der Waals surface area (Å²) in [7, 11) is 1.41. The van der Waals surface area contributed by atoms with E-state index in [1.165, 1.54) is 7.11 Å². The number of nitro benzene ring substituents is 1. The van der Waals surface area contributed by atoms with Crippen LogP contribution in [0.15, 0.2) is 22.7 Å². The first-order valence-electron chi connectivity index (χ1n) is 6.46. The van der Waals surface area contributed by atoms with Crippen molar-refractivity contribution >= 4 is 11.4 Å². The molecule has 2 aromatic rings. The zero-order valence-electron chi connectivity index (χ0n) is 12.3. The van der Waals surface area contributed by atoms with Crippen LogP contribution in [-0.4, -0.2) is 17.2 Å². The van der Waals surface area contributed by atoms with Crippen LogP contribution in [0.3, 0.4) is 0 Å². The maximum Gasteiger partial charge on any atom is 0.333 e. The topological polar surface area (TPSA) is 90.4 Å². The van der Waals surface area contributed by atoms with Crippen molar-refractivity contribution in [2.75, 3.05) is 12.4 Å². The SMILES string of the molecule is COc1cccc(NC(C)c2c(C)noc2C)c1[N+](=O)[O-]. The van der Waals surface area contributed by atoms with Crippen molar-refractivity contribution in [1.82, 2.24) is 5.16 Å². The second-order valence-corrected chi connectivity index (χ2v) is 4.72. The van der Waals surface area contributed by atoms with Crippen LogP contribution in [0.5, 0.6) is 5.75 Å². The number of nitrogens with one attached hydrogen (secondary N) is 1. The van der Waals surface area contributed by atoms with Crippen molar-refractivity contribution in [3.8, 4) is 5.75 Å². The average Bonchev–Trinajstić information content (AvgIpc) is 2.77. The maximum atomic E-state index is 11.3. The molecule has 7 heteroatoms. The number of aryl methyl sites for hydroxylation is 2. The molecule has 1 N–H and O–H groups in total. The van der Waals surface area contributed by atoms with E-state index in [2.05, 4.69) is 10.5 Å². The van der Waals surface area contributed by atoms with E-state index >= 15 is 0 Å². The monoisotopic (exact) mass is 291 g/mol. The largest absolute Gasteiger partial charge is 0.490 e. The van der Waals surface area contributed by atoms with Gasteiger partial charge in [0.1, 0.15) is 11.4 Å². The van der Waals surface area contributed by atoms with E-state index in [1.807, 2.05) is 20.8 Å². The van der Waals surface area contributed by atoms with Crippen molar-refractivity contribution in [2.45, 2.75) is 26.8 Å². The van der Waals surface area contributed by atoms with Gasteiger partial charge >= 0.3 is 5.69 Å². The average molecular weight is 291 g/mol. The summed E-state index contributed by atoms with van der Waals surface area (Å²) in [5.74, 6) is 0.911. The van der Waals surface area contributed by atoms with Gasteiger partial charge in [-0.25, -0.2) is 0 Å². The number of ether oxygens (including phenoxy) is 1. The zero-order chi connectivity index (χ0) is 15.6. The second-order valence-electron chi connectivity index (χ2n) is 4.72. The third-order valence-corrected chi connectivity index (χ3v) is 3.30. The van der Waals surface area contributed by atoms with Gasteiger partial charge in [-0.2, -0.15) is 0 Å². The second kappa shape index (κ2) is 5.82. The Morgan fingerprint density at radius 2 is 2.14 bits per heavy atom. The number of rotatable bonds is 5. The summed E-state index contributed by atoms with van der Waals surface area (Å²) in [4.78, 5) is 10.8. The highest BCUT2D eigenvalue weighted by Crippen LogP contribution is 2.36. The Morgan fingerprint density at radius 3 is 2.67 bits per heavy atom. The van der Waals surface area contributed by atoms with Gasteiger partial charge in [0.05, 0.1) is 23.8 Å². The maximum absolute atomic E-state index is 11.3.